The molecule has 88 valence electrons. The minimum Gasteiger partial charge on any atom is -0.338 e. The van der Waals surface area contributed by atoms with Crippen LogP contribution >= 0.6 is 0 Å². The van der Waals surface area contributed by atoms with Crippen molar-refractivity contribution in [3.63, 3.8) is 0 Å². The molecule has 0 spiro atoms. The van der Waals surface area contributed by atoms with Crippen LogP contribution in [-0.4, -0.2) is 25.7 Å². The summed E-state index contributed by atoms with van der Waals surface area (Å²) in [6.45, 7) is 0. The Morgan fingerprint density at radius 3 is 3.06 bits per heavy atom. The molecule has 1 aliphatic carbocycles. The molecule has 0 atom stereocenters. The Morgan fingerprint density at radius 2 is 2.41 bits per heavy atom. The molecule has 0 unspecified atom stereocenters. The number of carbonyl (C=O) groups excluding carboxylic acids is 1. The maximum Gasteiger partial charge on any atom is 0.234 e. The molecular formula is C11H12N4O2. The molecule has 0 bridgehead atoms. The number of aromatic nitrogens is 4. The maximum atomic E-state index is 11.6. The number of hydrogen-bond acceptors (Lipinski definition) is 5. The van der Waals surface area contributed by atoms with E-state index in [-0.39, 0.29) is 18.1 Å². The predicted molar refractivity (Wildman–Crippen MR) is 57.9 cm³/mol. The molecule has 2 aromatic rings. The van der Waals surface area contributed by atoms with E-state index in [4.69, 9.17) is 4.52 Å². The number of rotatable bonds is 4. The first-order valence-corrected chi connectivity index (χ1v) is 5.57. The first-order valence-electron chi connectivity index (χ1n) is 5.57. The van der Waals surface area contributed by atoms with Gasteiger partial charge < -0.3 is 4.52 Å². The van der Waals surface area contributed by atoms with E-state index in [1.807, 2.05) is 7.05 Å². The van der Waals surface area contributed by atoms with Gasteiger partial charge in [-0.1, -0.05) is 5.16 Å². The van der Waals surface area contributed by atoms with Crippen LogP contribution in [0.1, 0.15) is 18.7 Å². The average Bonchev–Trinajstić information content (AvgIpc) is 2.92. The first kappa shape index (κ1) is 10.2. The Bertz CT molecular complexity index is 553. The summed E-state index contributed by atoms with van der Waals surface area (Å²) in [5, 5.41) is 7.99. The minimum absolute atomic E-state index is 0.196. The molecule has 2 heterocycles. The number of aryl methyl sites for hydroxylation is 1. The van der Waals surface area contributed by atoms with Crippen LogP contribution in [0, 0.1) is 5.92 Å². The Kier molecular flexibility index (Phi) is 2.28. The van der Waals surface area contributed by atoms with Gasteiger partial charge in [0.2, 0.25) is 11.7 Å². The van der Waals surface area contributed by atoms with Crippen LogP contribution in [0.2, 0.25) is 0 Å². The highest BCUT2D eigenvalue weighted by molar-refractivity contribution is 5.84. The lowest BCUT2D eigenvalue weighted by Crippen LogP contribution is -2.04. The Morgan fingerprint density at radius 1 is 1.59 bits per heavy atom. The van der Waals surface area contributed by atoms with E-state index in [0.29, 0.717) is 17.4 Å². The highest BCUT2D eigenvalue weighted by Gasteiger charge is 2.30. The summed E-state index contributed by atoms with van der Waals surface area (Å²) in [5.74, 6) is 1.23. The summed E-state index contributed by atoms with van der Waals surface area (Å²) in [6.07, 6.45) is 4.05. The quantitative estimate of drug-likeness (QED) is 0.785. The van der Waals surface area contributed by atoms with Gasteiger partial charge in [-0.05, 0) is 18.9 Å². The van der Waals surface area contributed by atoms with Gasteiger partial charge in [-0.2, -0.15) is 10.1 Å². The zero-order chi connectivity index (χ0) is 11.8. The van der Waals surface area contributed by atoms with Gasteiger partial charge >= 0.3 is 0 Å². The minimum atomic E-state index is 0.196. The van der Waals surface area contributed by atoms with E-state index in [1.54, 1.807) is 16.9 Å². The molecule has 0 N–H and O–H groups in total. The molecule has 6 nitrogen and oxygen atoms in total. The van der Waals surface area contributed by atoms with Crippen LogP contribution in [0.5, 0.6) is 0 Å². The fraction of sp³-hybridized carbons (Fsp3) is 0.455. The summed E-state index contributed by atoms with van der Waals surface area (Å²) in [5.41, 5.74) is 0.654. The summed E-state index contributed by atoms with van der Waals surface area (Å²) in [6, 6.07) is 1.80. The van der Waals surface area contributed by atoms with Crippen molar-refractivity contribution in [3.05, 3.63) is 18.2 Å². The van der Waals surface area contributed by atoms with Gasteiger partial charge in [-0.25, -0.2) is 0 Å². The second-order valence-corrected chi connectivity index (χ2v) is 4.30. The fourth-order valence-corrected chi connectivity index (χ4v) is 1.66. The topological polar surface area (TPSA) is 73.8 Å². The SMILES string of the molecule is Cn1ccc(-c2noc(CC(=O)C3CC3)n2)n1. The first-order chi connectivity index (χ1) is 8.22. The summed E-state index contributed by atoms with van der Waals surface area (Å²) in [4.78, 5) is 15.7. The Labute approximate surface area is 97.6 Å². The highest BCUT2D eigenvalue weighted by atomic mass is 16.5. The van der Waals surface area contributed by atoms with Crippen molar-refractivity contribution >= 4 is 5.78 Å². The van der Waals surface area contributed by atoms with Crippen molar-refractivity contribution in [2.75, 3.05) is 0 Å². The molecule has 0 saturated heterocycles. The number of ketones is 1. The van der Waals surface area contributed by atoms with Gasteiger partial charge in [0.1, 0.15) is 11.5 Å². The standard InChI is InChI=1S/C11H12N4O2/c1-15-5-4-8(13-15)11-12-10(17-14-11)6-9(16)7-2-3-7/h4-5,7H,2-3,6H2,1H3. The van der Waals surface area contributed by atoms with Crippen LogP contribution in [0.4, 0.5) is 0 Å². The average molecular weight is 232 g/mol. The predicted octanol–water partition coefficient (Wildman–Crippen LogP) is 0.992. The van der Waals surface area contributed by atoms with Crippen molar-refractivity contribution in [2.45, 2.75) is 19.3 Å². The third-order valence-corrected chi connectivity index (χ3v) is 2.77. The van der Waals surface area contributed by atoms with E-state index < -0.39 is 0 Å². The lowest BCUT2D eigenvalue weighted by molar-refractivity contribution is -0.119. The molecule has 1 fully saturated rings. The summed E-state index contributed by atoms with van der Waals surface area (Å²) < 4.78 is 6.71. The second kappa shape index (κ2) is 3.80. The van der Waals surface area contributed by atoms with E-state index in [1.165, 1.54) is 0 Å². The molecule has 3 rings (SSSR count). The Balaban J connectivity index is 1.75. The molecule has 6 heteroatoms. The molecule has 0 amide bonds. The number of nitrogens with zero attached hydrogens (tertiary/aromatic N) is 4. The van der Waals surface area contributed by atoms with Crippen LogP contribution < -0.4 is 0 Å². The summed E-state index contributed by atoms with van der Waals surface area (Å²) >= 11 is 0. The number of carbonyl (C=O) groups is 1. The molecule has 0 radical (unpaired) electrons. The van der Waals surface area contributed by atoms with Crippen LogP contribution in [0.3, 0.4) is 0 Å². The lowest BCUT2D eigenvalue weighted by atomic mass is 10.2. The third-order valence-electron chi connectivity index (χ3n) is 2.77. The maximum absolute atomic E-state index is 11.6. The van der Waals surface area contributed by atoms with Gasteiger partial charge in [0.05, 0.1) is 6.42 Å². The van der Waals surface area contributed by atoms with Gasteiger partial charge in [-0.3, -0.25) is 9.48 Å². The lowest BCUT2D eigenvalue weighted by Gasteiger charge is -1.90. The van der Waals surface area contributed by atoms with E-state index in [2.05, 4.69) is 15.2 Å². The van der Waals surface area contributed by atoms with Crippen LogP contribution in [0.25, 0.3) is 11.5 Å². The van der Waals surface area contributed by atoms with E-state index in [0.717, 1.165) is 12.8 Å². The van der Waals surface area contributed by atoms with E-state index in [9.17, 15) is 4.79 Å². The molecule has 1 aliphatic rings. The van der Waals surface area contributed by atoms with Crippen molar-refractivity contribution in [3.8, 4) is 11.5 Å². The fourth-order valence-electron chi connectivity index (χ4n) is 1.66. The van der Waals surface area contributed by atoms with Gasteiger partial charge in [0.25, 0.3) is 0 Å². The highest BCUT2D eigenvalue weighted by Crippen LogP contribution is 2.30. The van der Waals surface area contributed by atoms with Crippen LogP contribution in [-0.2, 0) is 18.3 Å². The monoisotopic (exact) mass is 232 g/mol. The Hall–Kier alpha value is -1.98. The third kappa shape index (κ3) is 2.11. The molecule has 17 heavy (non-hydrogen) atoms. The van der Waals surface area contributed by atoms with Crippen molar-refractivity contribution in [2.24, 2.45) is 13.0 Å². The zero-order valence-electron chi connectivity index (χ0n) is 9.46. The molecule has 0 aromatic carbocycles. The molecule has 0 aliphatic heterocycles. The largest absolute Gasteiger partial charge is 0.338 e. The smallest absolute Gasteiger partial charge is 0.234 e. The van der Waals surface area contributed by atoms with Gasteiger partial charge in [0.15, 0.2) is 0 Å². The molecule has 1 saturated carbocycles. The van der Waals surface area contributed by atoms with Crippen LogP contribution in [0.15, 0.2) is 16.8 Å². The number of hydrogen-bond donors (Lipinski definition) is 0. The van der Waals surface area contributed by atoms with E-state index >= 15 is 0 Å². The van der Waals surface area contributed by atoms with Crippen molar-refractivity contribution in [1.82, 2.24) is 19.9 Å². The van der Waals surface area contributed by atoms with Gasteiger partial charge in [-0.15, -0.1) is 0 Å². The normalized spacial score (nSPS) is 15.1. The van der Waals surface area contributed by atoms with Crippen molar-refractivity contribution < 1.29 is 9.32 Å². The zero-order valence-corrected chi connectivity index (χ0v) is 9.46. The van der Waals surface area contributed by atoms with Gasteiger partial charge in [0, 0.05) is 19.2 Å². The second-order valence-electron chi connectivity index (χ2n) is 4.30. The molecule has 2 aromatic heterocycles. The van der Waals surface area contributed by atoms with Crippen molar-refractivity contribution in [1.29, 1.82) is 0 Å². The number of Topliss-reactive ketones (excluding diaryl/α,β-unsaturated/α-hetero) is 1. The summed E-state index contributed by atoms with van der Waals surface area (Å²) in [7, 11) is 1.82. The molecular weight excluding hydrogens is 220 g/mol.